The molecule has 1 fully saturated rings. The lowest BCUT2D eigenvalue weighted by atomic mass is 9.89. The fourth-order valence-electron chi connectivity index (χ4n) is 3.79. The summed E-state index contributed by atoms with van der Waals surface area (Å²) in [4.78, 5) is 20.6. The van der Waals surface area contributed by atoms with Gasteiger partial charge in [0.05, 0.1) is 10.2 Å². The van der Waals surface area contributed by atoms with E-state index in [1.807, 2.05) is 19.1 Å². The molecule has 1 aliphatic rings. The van der Waals surface area contributed by atoms with E-state index in [9.17, 15) is 4.79 Å². The number of nitrogens with zero attached hydrogens (tertiary/aromatic N) is 2. The molecule has 0 atom stereocenters. The largest absolute Gasteiger partial charge is 0.457 e. The van der Waals surface area contributed by atoms with Gasteiger partial charge in [-0.1, -0.05) is 30.6 Å². The van der Waals surface area contributed by atoms with E-state index in [0.717, 1.165) is 39.1 Å². The Morgan fingerprint density at radius 1 is 1.21 bits per heavy atom. The van der Waals surface area contributed by atoms with Gasteiger partial charge < -0.3 is 15.4 Å². The number of anilines is 1. The van der Waals surface area contributed by atoms with Crippen molar-refractivity contribution in [2.75, 3.05) is 18.9 Å². The zero-order chi connectivity index (χ0) is 20.2. The fraction of sp³-hybridized carbons (Fsp3) is 0.409. The standard InChI is InChI=1S/C22H26N4O2S/c1-14-10-17(28-16-8-9-24-18(11-16)21(27)23-2)12-19-20(14)26-22(29-19)25-13-15-6-4-3-5-7-15/h8-12,15H,3-7,13H2,1-2H3,(H,23,27)(H,25,26). The van der Waals surface area contributed by atoms with Gasteiger partial charge in [0.15, 0.2) is 5.13 Å². The molecule has 0 unspecified atom stereocenters. The highest BCUT2D eigenvalue weighted by Gasteiger charge is 2.15. The first kappa shape index (κ1) is 19.6. The highest BCUT2D eigenvalue weighted by molar-refractivity contribution is 7.22. The zero-order valence-electron chi connectivity index (χ0n) is 16.8. The van der Waals surface area contributed by atoms with Crippen molar-refractivity contribution in [2.45, 2.75) is 39.0 Å². The van der Waals surface area contributed by atoms with Crippen LogP contribution < -0.4 is 15.4 Å². The SMILES string of the molecule is CNC(=O)c1cc(Oc2cc(C)c3nc(NCC4CCCCC4)sc3c2)ccn1. The second kappa shape index (κ2) is 8.78. The third kappa shape index (κ3) is 4.67. The van der Waals surface area contributed by atoms with Crippen LogP contribution in [0.25, 0.3) is 10.2 Å². The van der Waals surface area contributed by atoms with Gasteiger partial charge in [0.2, 0.25) is 0 Å². The van der Waals surface area contributed by atoms with Crippen LogP contribution in [0.5, 0.6) is 11.5 Å². The molecule has 2 heterocycles. The van der Waals surface area contributed by atoms with Crippen LogP contribution in [0.15, 0.2) is 30.5 Å². The van der Waals surface area contributed by atoms with E-state index in [2.05, 4.69) is 15.6 Å². The number of thiazole rings is 1. The summed E-state index contributed by atoms with van der Waals surface area (Å²) >= 11 is 1.66. The molecule has 3 aromatic rings. The number of rotatable bonds is 6. The van der Waals surface area contributed by atoms with Gasteiger partial charge in [-0.25, -0.2) is 4.98 Å². The lowest BCUT2D eigenvalue weighted by Gasteiger charge is -2.21. The summed E-state index contributed by atoms with van der Waals surface area (Å²) in [7, 11) is 1.58. The second-order valence-corrected chi connectivity index (χ2v) is 8.58. The third-order valence-electron chi connectivity index (χ3n) is 5.35. The zero-order valence-corrected chi connectivity index (χ0v) is 17.6. The number of nitrogens with one attached hydrogen (secondary N) is 2. The van der Waals surface area contributed by atoms with Crippen LogP contribution in [-0.4, -0.2) is 29.5 Å². The van der Waals surface area contributed by atoms with Crippen LogP contribution in [-0.2, 0) is 0 Å². The van der Waals surface area contributed by atoms with Gasteiger partial charge >= 0.3 is 0 Å². The first-order valence-corrected chi connectivity index (χ1v) is 10.9. The number of hydrogen-bond acceptors (Lipinski definition) is 6. The molecule has 0 radical (unpaired) electrons. The summed E-state index contributed by atoms with van der Waals surface area (Å²) in [6.07, 6.45) is 8.29. The van der Waals surface area contributed by atoms with Crippen molar-refractivity contribution < 1.29 is 9.53 Å². The van der Waals surface area contributed by atoms with Gasteiger partial charge in [0.1, 0.15) is 17.2 Å². The molecular formula is C22H26N4O2S. The number of ether oxygens (including phenoxy) is 1. The molecule has 2 aromatic heterocycles. The van der Waals surface area contributed by atoms with Crippen LogP contribution in [0.1, 0.15) is 48.2 Å². The number of aromatic nitrogens is 2. The van der Waals surface area contributed by atoms with Crippen molar-refractivity contribution in [1.29, 1.82) is 0 Å². The third-order valence-corrected chi connectivity index (χ3v) is 6.31. The van der Waals surface area contributed by atoms with Crippen molar-refractivity contribution >= 4 is 32.6 Å². The number of benzene rings is 1. The van der Waals surface area contributed by atoms with Crippen LogP contribution in [0, 0.1) is 12.8 Å². The van der Waals surface area contributed by atoms with Crippen molar-refractivity contribution in [2.24, 2.45) is 5.92 Å². The van der Waals surface area contributed by atoms with Crippen molar-refractivity contribution in [3.05, 3.63) is 41.7 Å². The molecule has 1 aromatic carbocycles. The maximum atomic E-state index is 11.8. The number of pyridine rings is 1. The van der Waals surface area contributed by atoms with Crippen LogP contribution in [0.3, 0.4) is 0 Å². The quantitative estimate of drug-likeness (QED) is 0.588. The average Bonchev–Trinajstić information content (AvgIpc) is 3.16. The fourth-order valence-corrected chi connectivity index (χ4v) is 4.76. The van der Waals surface area contributed by atoms with Gasteiger partial charge in [0, 0.05) is 31.9 Å². The number of carbonyl (C=O) groups is 1. The number of aryl methyl sites for hydroxylation is 1. The summed E-state index contributed by atoms with van der Waals surface area (Å²) in [5, 5.41) is 7.08. The average molecular weight is 411 g/mol. The summed E-state index contributed by atoms with van der Waals surface area (Å²) in [6, 6.07) is 7.37. The summed E-state index contributed by atoms with van der Waals surface area (Å²) < 4.78 is 7.10. The van der Waals surface area contributed by atoms with Gasteiger partial charge in [-0.05, 0) is 43.4 Å². The summed E-state index contributed by atoms with van der Waals surface area (Å²) in [5.74, 6) is 1.83. The minimum atomic E-state index is -0.238. The Hall–Kier alpha value is -2.67. The maximum Gasteiger partial charge on any atom is 0.269 e. The molecule has 152 valence electrons. The Kier molecular flexibility index (Phi) is 5.94. The molecule has 6 nitrogen and oxygen atoms in total. The van der Waals surface area contributed by atoms with E-state index in [4.69, 9.17) is 9.72 Å². The molecule has 4 rings (SSSR count). The number of carbonyl (C=O) groups excluding carboxylic acids is 1. The number of amides is 1. The second-order valence-electron chi connectivity index (χ2n) is 7.55. The Bertz CT molecular complexity index is 1010. The Labute approximate surface area is 174 Å². The molecule has 29 heavy (non-hydrogen) atoms. The number of hydrogen-bond donors (Lipinski definition) is 2. The molecule has 1 saturated carbocycles. The Balaban J connectivity index is 1.50. The van der Waals surface area contributed by atoms with E-state index in [0.29, 0.717) is 11.4 Å². The minimum absolute atomic E-state index is 0.238. The van der Waals surface area contributed by atoms with Gasteiger partial charge in [-0.2, -0.15) is 0 Å². The molecular weight excluding hydrogens is 384 g/mol. The highest BCUT2D eigenvalue weighted by Crippen LogP contribution is 2.34. The van der Waals surface area contributed by atoms with Crippen LogP contribution in [0.4, 0.5) is 5.13 Å². The smallest absolute Gasteiger partial charge is 0.269 e. The predicted molar refractivity (Wildman–Crippen MR) is 117 cm³/mol. The number of fused-ring (bicyclic) bond motifs is 1. The van der Waals surface area contributed by atoms with E-state index >= 15 is 0 Å². The normalized spacial score (nSPS) is 14.7. The Morgan fingerprint density at radius 2 is 2.03 bits per heavy atom. The van der Waals surface area contributed by atoms with E-state index < -0.39 is 0 Å². The van der Waals surface area contributed by atoms with Gasteiger partial charge in [-0.15, -0.1) is 0 Å². The molecule has 0 aliphatic heterocycles. The maximum absolute atomic E-state index is 11.8. The monoisotopic (exact) mass is 410 g/mol. The lowest BCUT2D eigenvalue weighted by Crippen LogP contribution is -2.18. The van der Waals surface area contributed by atoms with E-state index in [1.54, 1.807) is 36.7 Å². The molecule has 0 saturated heterocycles. The van der Waals surface area contributed by atoms with Crippen LogP contribution in [0.2, 0.25) is 0 Å². The summed E-state index contributed by atoms with van der Waals surface area (Å²) in [6.45, 7) is 3.05. The van der Waals surface area contributed by atoms with E-state index in [-0.39, 0.29) is 5.91 Å². The van der Waals surface area contributed by atoms with E-state index in [1.165, 1.54) is 32.1 Å². The Morgan fingerprint density at radius 3 is 2.83 bits per heavy atom. The molecule has 1 amide bonds. The summed E-state index contributed by atoms with van der Waals surface area (Å²) in [5.41, 5.74) is 2.41. The molecule has 2 N–H and O–H groups in total. The first-order valence-electron chi connectivity index (χ1n) is 10.1. The van der Waals surface area contributed by atoms with Crippen molar-refractivity contribution in [3.8, 4) is 11.5 Å². The molecule has 0 bridgehead atoms. The highest BCUT2D eigenvalue weighted by atomic mass is 32.1. The molecule has 7 heteroatoms. The predicted octanol–water partition coefficient (Wildman–Crippen LogP) is 5.14. The lowest BCUT2D eigenvalue weighted by molar-refractivity contribution is 0.0958. The van der Waals surface area contributed by atoms with Gasteiger partial charge in [-0.3, -0.25) is 9.78 Å². The minimum Gasteiger partial charge on any atom is -0.457 e. The van der Waals surface area contributed by atoms with Gasteiger partial charge in [0.25, 0.3) is 5.91 Å². The van der Waals surface area contributed by atoms with Crippen molar-refractivity contribution in [3.63, 3.8) is 0 Å². The first-order chi connectivity index (χ1) is 14.1. The van der Waals surface area contributed by atoms with Crippen molar-refractivity contribution in [1.82, 2.24) is 15.3 Å². The molecule has 0 spiro atoms. The topological polar surface area (TPSA) is 76.1 Å². The van der Waals surface area contributed by atoms with Crippen LogP contribution >= 0.6 is 11.3 Å². The molecule has 1 aliphatic carbocycles.